The Bertz CT molecular complexity index is 3860. The average molecular weight is 822 g/mol. The molecule has 0 N–H and O–H groups in total. The summed E-state index contributed by atoms with van der Waals surface area (Å²) in [4.78, 5) is 14.9. The van der Waals surface area contributed by atoms with Gasteiger partial charge in [-0.15, -0.1) is 11.3 Å². The van der Waals surface area contributed by atoms with Gasteiger partial charge in [0, 0.05) is 55.2 Å². The Balaban J connectivity index is 0.938. The first kappa shape index (κ1) is 35.6. The van der Waals surface area contributed by atoms with Gasteiger partial charge in [-0.05, 0) is 107 Å². The van der Waals surface area contributed by atoms with Crippen LogP contribution >= 0.6 is 11.3 Å². The zero-order valence-corrected chi connectivity index (χ0v) is 34.7. The van der Waals surface area contributed by atoms with Crippen LogP contribution in [0, 0.1) is 0 Å². The maximum absolute atomic E-state index is 5.34. The molecule has 294 valence electrons. The minimum atomic E-state index is 0.888. The second-order valence-electron chi connectivity index (χ2n) is 16.1. The minimum Gasteiger partial charge on any atom is -0.308 e. The highest BCUT2D eigenvalue weighted by molar-refractivity contribution is 7.25. The van der Waals surface area contributed by atoms with Gasteiger partial charge in [0.2, 0.25) is 0 Å². The average Bonchev–Trinajstić information content (AvgIpc) is 4.01. The highest BCUT2D eigenvalue weighted by Crippen LogP contribution is 2.40. The van der Waals surface area contributed by atoms with Gasteiger partial charge in [0.15, 0.2) is 0 Å². The van der Waals surface area contributed by atoms with E-state index in [0.29, 0.717) is 0 Å². The molecular weight excluding hydrogens is 787 g/mol. The van der Waals surface area contributed by atoms with Crippen molar-refractivity contribution < 1.29 is 0 Å². The highest BCUT2D eigenvalue weighted by Gasteiger charge is 2.19. The van der Waals surface area contributed by atoms with Gasteiger partial charge in [-0.1, -0.05) is 115 Å². The van der Waals surface area contributed by atoms with Crippen molar-refractivity contribution >= 4 is 75.3 Å². The quantitative estimate of drug-likeness (QED) is 0.168. The van der Waals surface area contributed by atoms with Gasteiger partial charge < -0.3 is 4.57 Å². The van der Waals surface area contributed by atoms with Crippen LogP contribution in [0.25, 0.3) is 120 Å². The van der Waals surface area contributed by atoms with Crippen molar-refractivity contribution in [2.75, 3.05) is 0 Å². The Kier molecular flexibility index (Phi) is 8.01. The molecule has 0 aliphatic carbocycles. The summed E-state index contributed by atoms with van der Waals surface area (Å²) in [5, 5.41) is 5.95. The van der Waals surface area contributed by atoms with Gasteiger partial charge in [-0.25, -0.2) is 4.98 Å². The Morgan fingerprint density at radius 1 is 0.365 bits per heavy atom. The third kappa shape index (κ3) is 5.80. The number of pyridine rings is 3. The van der Waals surface area contributed by atoms with Crippen molar-refractivity contribution in [3.05, 3.63) is 213 Å². The summed E-state index contributed by atoms with van der Waals surface area (Å²) < 4.78 is 7.11. The van der Waals surface area contributed by atoms with Gasteiger partial charge in [-0.3, -0.25) is 14.5 Å². The molecule has 0 aliphatic heterocycles. The first-order valence-corrected chi connectivity index (χ1v) is 22.0. The number of rotatable bonds is 6. The monoisotopic (exact) mass is 821 g/mol. The molecule has 0 saturated carbocycles. The van der Waals surface area contributed by atoms with E-state index in [-0.39, 0.29) is 0 Å². The molecule has 5 nitrogen and oxygen atoms in total. The van der Waals surface area contributed by atoms with E-state index in [9.17, 15) is 0 Å². The third-order valence-corrected chi connectivity index (χ3v) is 13.6. The van der Waals surface area contributed by atoms with E-state index in [4.69, 9.17) is 15.0 Å². The van der Waals surface area contributed by atoms with Crippen LogP contribution in [0.1, 0.15) is 0 Å². The molecule has 6 heteroatoms. The smallest absolute Gasteiger partial charge is 0.138 e. The van der Waals surface area contributed by atoms with Crippen molar-refractivity contribution in [1.82, 2.24) is 24.1 Å². The summed E-state index contributed by atoms with van der Waals surface area (Å²) in [7, 11) is 0. The lowest BCUT2D eigenvalue weighted by Gasteiger charge is -2.13. The normalized spacial score (nSPS) is 11.8. The van der Waals surface area contributed by atoms with E-state index >= 15 is 0 Å². The van der Waals surface area contributed by atoms with Crippen LogP contribution in [0.2, 0.25) is 0 Å². The summed E-state index contributed by atoms with van der Waals surface area (Å²) in [6.45, 7) is 0. The van der Waals surface area contributed by atoms with Gasteiger partial charge in [0.05, 0.1) is 49.9 Å². The molecule has 6 aromatic heterocycles. The number of benzene rings is 7. The van der Waals surface area contributed by atoms with E-state index in [1.165, 1.54) is 36.3 Å². The van der Waals surface area contributed by atoms with Crippen molar-refractivity contribution in [3.63, 3.8) is 0 Å². The second kappa shape index (κ2) is 14.2. The third-order valence-electron chi connectivity index (χ3n) is 12.4. The number of hydrogen-bond donors (Lipinski definition) is 0. The van der Waals surface area contributed by atoms with Crippen LogP contribution in [0.3, 0.4) is 0 Å². The Morgan fingerprint density at radius 3 is 1.71 bits per heavy atom. The molecule has 0 fully saturated rings. The van der Waals surface area contributed by atoms with Crippen LogP contribution in [0.15, 0.2) is 213 Å². The van der Waals surface area contributed by atoms with Crippen LogP contribution in [0.5, 0.6) is 0 Å². The fourth-order valence-corrected chi connectivity index (χ4v) is 10.5. The molecule has 0 amide bonds. The van der Waals surface area contributed by atoms with E-state index in [1.54, 1.807) is 11.3 Å². The molecule has 7 aromatic carbocycles. The summed E-state index contributed by atoms with van der Waals surface area (Å²) in [5.74, 6) is 0.888. The zero-order chi connectivity index (χ0) is 41.4. The molecule has 0 unspecified atom stereocenters. The molecular formula is C57H35N5S. The van der Waals surface area contributed by atoms with Crippen LogP contribution < -0.4 is 0 Å². The fourth-order valence-electron chi connectivity index (χ4n) is 9.50. The summed E-state index contributed by atoms with van der Waals surface area (Å²) in [6, 6.07) is 69.7. The highest BCUT2D eigenvalue weighted by atomic mass is 32.1. The van der Waals surface area contributed by atoms with E-state index in [0.717, 1.165) is 83.7 Å². The van der Waals surface area contributed by atoms with Crippen LogP contribution in [0.4, 0.5) is 0 Å². The Morgan fingerprint density at radius 2 is 0.968 bits per heavy atom. The van der Waals surface area contributed by atoms with Gasteiger partial charge in [-0.2, -0.15) is 0 Å². The fraction of sp³-hybridized carbons (Fsp3) is 0. The first-order valence-electron chi connectivity index (χ1n) is 21.2. The lowest BCUT2D eigenvalue weighted by atomic mass is 10.0. The minimum absolute atomic E-state index is 0.888. The SMILES string of the molecule is c1ccc(-c2cc(-c3ccccc3)nc(-n3c4ccccc4c4cc(-c5ccc6c(c5)c5ccccc5n6-c5cncc(-c6ccc7sc8cccnc8c7c6)c5)ccc43)c2)cc1. The number of hydrogen-bond acceptors (Lipinski definition) is 4. The van der Waals surface area contributed by atoms with E-state index < -0.39 is 0 Å². The maximum Gasteiger partial charge on any atom is 0.138 e. The molecule has 0 atom stereocenters. The first-order chi connectivity index (χ1) is 31.2. The van der Waals surface area contributed by atoms with Gasteiger partial charge in [0.1, 0.15) is 5.82 Å². The van der Waals surface area contributed by atoms with Crippen LogP contribution in [-0.4, -0.2) is 24.1 Å². The number of thiophene rings is 1. The summed E-state index contributed by atoms with van der Waals surface area (Å²) >= 11 is 1.78. The van der Waals surface area contributed by atoms with E-state index in [1.807, 2.05) is 24.7 Å². The molecule has 0 aliphatic rings. The predicted molar refractivity (Wildman–Crippen MR) is 263 cm³/mol. The molecule has 13 rings (SSSR count). The molecule has 6 heterocycles. The second-order valence-corrected chi connectivity index (χ2v) is 17.2. The molecule has 0 radical (unpaired) electrons. The van der Waals surface area contributed by atoms with Crippen molar-refractivity contribution in [1.29, 1.82) is 0 Å². The largest absolute Gasteiger partial charge is 0.308 e. The zero-order valence-electron chi connectivity index (χ0n) is 33.9. The van der Waals surface area contributed by atoms with E-state index in [2.05, 4.69) is 197 Å². The van der Waals surface area contributed by atoms with Gasteiger partial charge >= 0.3 is 0 Å². The Hall–Kier alpha value is -8.19. The molecule has 0 saturated heterocycles. The molecule has 0 spiro atoms. The van der Waals surface area contributed by atoms with Crippen molar-refractivity contribution in [3.8, 4) is 56.1 Å². The maximum atomic E-state index is 5.34. The lowest BCUT2D eigenvalue weighted by molar-refractivity contribution is 1.08. The van der Waals surface area contributed by atoms with Crippen LogP contribution in [-0.2, 0) is 0 Å². The van der Waals surface area contributed by atoms with Crippen molar-refractivity contribution in [2.45, 2.75) is 0 Å². The topological polar surface area (TPSA) is 48.5 Å². The number of aromatic nitrogens is 5. The number of para-hydroxylation sites is 2. The summed E-state index contributed by atoms with van der Waals surface area (Å²) in [5.41, 5.74) is 15.4. The number of nitrogens with zero attached hydrogens (tertiary/aromatic N) is 5. The van der Waals surface area contributed by atoms with Gasteiger partial charge in [0.25, 0.3) is 0 Å². The standard InChI is InChI=1S/C57H35N5S/c1-3-12-36(13-4-1)41-32-49(37-14-5-2-6-15-37)60-56(33-41)62-51-19-10-8-17-45(51)47-30-39(22-25-53(47)62)38-21-24-52-46(29-38)44-16-7-9-18-50(44)61(52)43-28-42(34-58-35-43)40-23-26-54-48(31-40)57-55(63-54)20-11-27-59-57/h1-35H. The summed E-state index contributed by atoms with van der Waals surface area (Å²) in [6.07, 6.45) is 5.81. The molecule has 63 heavy (non-hydrogen) atoms. The predicted octanol–water partition coefficient (Wildman–Crippen LogP) is 15.1. The number of fused-ring (bicyclic) bond motifs is 9. The molecule has 13 aromatic rings. The Labute approximate surface area is 366 Å². The molecule has 0 bridgehead atoms. The van der Waals surface area contributed by atoms with Crippen molar-refractivity contribution in [2.24, 2.45) is 0 Å². The lowest BCUT2D eigenvalue weighted by Crippen LogP contribution is -2.00.